The first-order chi connectivity index (χ1) is 23.3. The standard InChI is InChI=1S/C40H70N2O7/c1-28(2)9-8-10-29(3)33-13-14-34-32-12-11-30-27-31(15-17-39(30,6)35(32)16-18-40(33,34)7)48-36(44)41-20-23-46-25-26-47-24-21-42-37(45)49-38(4,5)19-22-43/h11,28-29,31-35,43H,8-10,12-27H2,1-7H3,(H,41,44)(H,42,45)/t29?,31-,32?,33?,34?,35?,39-,40?/m0/s1. The summed E-state index contributed by atoms with van der Waals surface area (Å²) in [4.78, 5) is 24.4. The quantitative estimate of drug-likeness (QED) is 0.0985. The van der Waals surface area contributed by atoms with Crippen molar-refractivity contribution in [1.29, 1.82) is 0 Å². The first-order valence-electron chi connectivity index (χ1n) is 19.7. The van der Waals surface area contributed by atoms with Crippen LogP contribution in [0, 0.1) is 46.3 Å². The van der Waals surface area contributed by atoms with Crippen LogP contribution in [0.3, 0.4) is 0 Å². The van der Waals surface area contributed by atoms with Crippen LogP contribution >= 0.6 is 0 Å². The summed E-state index contributed by atoms with van der Waals surface area (Å²) in [5.74, 6) is 4.96. The molecule has 0 saturated heterocycles. The fourth-order valence-electron chi connectivity index (χ4n) is 10.3. The predicted octanol–water partition coefficient (Wildman–Crippen LogP) is 8.04. The minimum atomic E-state index is -0.716. The molecule has 4 aliphatic carbocycles. The number of fused-ring (bicyclic) bond motifs is 5. The van der Waals surface area contributed by atoms with Gasteiger partial charge in [0.2, 0.25) is 0 Å². The average Bonchev–Trinajstić information content (AvgIpc) is 3.39. The molecule has 0 aromatic carbocycles. The fraction of sp³-hybridized carbons (Fsp3) is 0.900. The van der Waals surface area contributed by atoms with Crippen molar-refractivity contribution in [3.05, 3.63) is 11.6 Å². The molecular weight excluding hydrogens is 620 g/mol. The Kier molecular flexibility index (Phi) is 14.7. The van der Waals surface area contributed by atoms with Crippen molar-refractivity contribution in [2.24, 2.45) is 46.3 Å². The van der Waals surface area contributed by atoms with Gasteiger partial charge in [0.15, 0.2) is 0 Å². The zero-order valence-electron chi connectivity index (χ0n) is 32.0. The second-order valence-corrected chi connectivity index (χ2v) is 17.3. The number of allylic oxidation sites excluding steroid dienone is 1. The number of alkyl carbamates (subject to hydrolysis) is 2. The van der Waals surface area contributed by atoms with E-state index in [0.29, 0.717) is 51.4 Å². The van der Waals surface area contributed by atoms with Crippen LogP contribution in [-0.4, -0.2) is 75.1 Å². The Morgan fingerprint density at radius 3 is 2.29 bits per heavy atom. The van der Waals surface area contributed by atoms with Crippen molar-refractivity contribution in [2.75, 3.05) is 46.1 Å². The van der Waals surface area contributed by atoms with Crippen LogP contribution in [0.5, 0.6) is 0 Å². The lowest BCUT2D eigenvalue weighted by Gasteiger charge is -2.58. The Labute approximate surface area is 297 Å². The molecule has 6 unspecified atom stereocenters. The van der Waals surface area contributed by atoms with E-state index in [1.807, 2.05) is 0 Å². The van der Waals surface area contributed by atoms with E-state index >= 15 is 0 Å². The lowest BCUT2D eigenvalue weighted by atomic mass is 9.47. The zero-order chi connectivity index (χ0) is 35.7. The van der Waals surface area contributed by atoms with Crippen LogP contribution in [-0.2, 0) is 18.9 Å². The highest BCUT2D eigenvalue weighted by atomic mass is 16.6. The number of hydrogen-bond donors (Lipinski definition) is 3. The first kappa shape index (κ1) is 39.9. The number of amides is 2. The normalized spacial score (nSPS) is 31.6. The van der Waals surface area contributed by atoms with Gasteiger partial charge in [-0.15, -0.1) is 0 Å². The number of carbonyl (C=O) groups is 2. The number of aliphatic hydroxyl groups is 1. The number of ether oxygens (including phenoxy) is 4. The van der Waals surface area contributed by atoms with Crippen LogP contribution in [0.4, 0.5) is 9.59 Å². The molecule has 0 radical (unpaired) electrons. The van der Waals surface area contributed by atoms with E-state index < -0.39 is 11.7 Å². The average molecular weight is 691 g/mol. The predicted molar refractivity (Wildman–Crippen MR) is 193 cm³/mol. The maximum atomic E-state index is 12.6. The SMILES string of the molecule is CC(C)CCCC(C)C1CCC2C3CC=C4C[C@@H](OC(=O)NCCOCCOCCNC(=O)OC(C)(C)CCO)CC[C@]4(C)C3CCC12C. The molecule has 3 saturated carbocycles. The topological polar surface area (TPSA) is 115 Å². The number of aliphatic hydroxyl groups excluding tert-OH is 1. The molecule has 4 aliphatic rings. The van der Waals surface area contributed by atoms with Crippen LogP contribution in [0.15, 0.2) is 11.6 Å². The summed E-state index contributed by atoms with van der Waals surface area (Å²) in [6, 6.07) is 0. The summed E-state index contributed by atoms with van der Waals surface area (Å²) in [5, 5.41) is 14.5. The smallest absolute Gasteiger partial charge is 0.407 e. The van der Waals surface area contributed by atoms with Gasteiger partial charge >= 0.3 is 12.2 Å². The molecule has 2 amide bonds. The van der Waals surface area contributed by atoms with Gasteiger partial charge in [0.25, 0.3) is 0 Å². The summed E-state index contributed by atoms with van der Waals surface area (Å²) < 4.78 is 22.2. The van der Waals surface area contributed by atoms with Crippen LogP contribution in [0.1, 0.15) is 126 Å². The molecule has 3 fully saturated rings. The summed E-state index contributed by atoms with van der Waals surface area (Å²) >= 11 is 0. The fourth-order valence-corrected chi connectivity index (χ4v) is 10.3. The highest BCUT2D eigenvalue weighted by Crippen LogP contribution is 2.67. The molecule has 49 heavy (non-hydrogen) atoms. The van der Waals surface area contributed by atoms with Gasteiger partial charge in [-0.2, -0.15) is 0 Å². The third kappa shape index (κ3) is 10.6. The third-order valence-corrected chi connectivity index (χ3v) is 13.0. The Hall–Kier alpha value is -1.84. The minimum Gasteiger partial charge on any atom is -0.446 e. The zero-order valence-corrected chi connectivity index (χ0v) is 32.0. The van der Waals surface area contributed by atoms with E-state index in [-0.39, 0.29) is 24.2 Å². The number of carbonyl (C=O) groups excluding carboxylic acids is 2. The highest BCUT2D eigenvalue weighted by Gasteiger charge is 2.59. The molecule has 3 N–H and O–H groups in total. The lowest BCUT2D eigenvalue weighted by Crippen LogP contribution is -2.51. The second-order valence-electron chi connectivity index (χ2n) is 17.3. The first-order valence-corrected chi connectivity index (χ1v) is 19.7. The largest absolute Gasteiger partial charge is 0.446 e. The summed E-state index contributed by atoms with van der Waals surface area (Å²) in [6.45, 7) is 18.1. The lowest BCUT2D eigenvalue weighted by molar-refractivity contribution is -0.0581. The van der Waals surface area contributed by atoms with Crippen molar-refractivity contribution >= 4 is 12.2 Å². The molecular formula is C40H70N2O7. The van der Waals surface area contributed by atoms with Crippen molar-refractivity contribution in [2.45, 2.75) is 137 Å². The van der Waals surface area contributed by atoms with Gasteiger partial charge in [-0.25, -0.2) is 9.59 Å². The number of rotatable bonds is 18. The summed E-state index contributed by atoms with van der Waals surface area (Å²) in [6.07, 6.45) is 15.8. The molecule has 0 aromatic rings. The number of hydrogen-bond acceptors (Lipinski definition) is 7. The van der Waals surface area contributed by atoms with E-state index in [1.54, 1.807) is 19.4 Å². The van der Waals surface area contributed by atoms with Gasteiger partial charge in [-0.3, -0.25) is 0 Å². The van der Waals surface area contributed by atoms with E-state index in [9.17, 15) is 9.59 Å². The Morgan fingerprint density at radius 1 is 0.918 bits per heavy atom. The van der Waals surface area contributed by atoms with E-state index in [1.165, 1.54) is 51.4 Å². The van der Waals surface area contributed by atoms with Gasteiger partial charge in [0, 0.05) is 32.5 Å². The highest BCUT2D eigenvalue weighted by molar-refractivity contribution is 5.67. The molecule has 0 heterocycles. The minimum absolute atomic E-state index is 0.0434. The molecule has 4 rings (SSSR count). The van der Waals surface area contributed by atoms with Gasteiger partial charge in [0.05, 0.1) is 26.4 Å². The summed E-state index contributed by atoms with van der Waals surface area (Å²) in [5.41, 5.74) is 1.57. The Morgan fingerprint density at radius 2 is 1.61 bits per heavy atom. The van der Waals surface area contributed by atoms with Crippen molar-refractivity contribution in [3.63, 3.8) is 0 Å². The van der Waals surface area contributed by atoms with Gasteiger partial charge in [-0.05, 0) is 105 Å². The monoisotopic (exact) mass is 691 g/mol. The van der Waals surface area contributed by atoms with E-state index in [2.05, 4.69) is 51.3 Å². The van der Waals surface area contributed by atoms with Crippen LogP contribution in [0.25, 0.3) is 0 Å². The molecule has 0 bridgehead atoms. The Balaban J connectivity index is 1.11. The maximum Gasteiger partial charge on any atom is 0.407 e. The van der Waals surface area contributed by atoms with Gasteiger partial charge in [0.1, 0.15) is 11.7 Å². The Bertz CT molecular complexity index is 1090. The molecule has 9 heteroatoms. The van der Waals surface area contributed by atoms with Crippen molar-refractivity contribution in [3.8, 4) is 0 Å². The molecule has 282 valence electrons. The van der Waals surface area contributed by atoms with Crippen LogP contribution < -0.4 is 10.6 Å². The summed E-state index contributed by atoms with van der Waals surface area (Å²) in [7, 11) is 0. The van der Waals surface area contributed by atoms with E-state index in [0.717, 1.165) is 54.8 Å². The molecule has 0 aromatic heterocycles. The van der Waals surface area contributed by atoms with Crippen LogP contribution in [0.2, 0.25) is 0 Å². The third-order valence-electron chi connectivity index (χ3n) is 13.0. The molecule has 0 spiro atoms. The second kappa shape index (κ2) is 18.1. The molecule has 8 atom stereocenters. The van der Waals surface area contributed by atoms with Gasteiger partial charge < -0.3 is 34.7 Å². The van der Waals surface area contributed by atoms with Crippen molar-refractivity contribution in [1.82, 2.24) is 10.6 Å². The van der Waals surface area contributed by atoms with Gasteiger partial charge in [-0.1, -0.05) is 65.5 Å². The van der Waals surface area contributed by atoms with Crippen molar-refractivity contribution < 1.29 is 33.6 Å². The molecule has 9 nitrogen and oxygen atoms in total. The maximum absolute atomic E-state index is 12.6. The number of nitrogens with one attached hydrogen (secondary N) is 2. The molecule has 0 aliphatic heterocycles. The van der Waals surface area contributed by atoms with E-state index in [4.69, 9.17) is 24.1 Å².